The highest BCUT2D eigenvalue weighted by Crippen LogP contribution is 2.44. The Morgan fingerprint density at radius 3 is 1.86 bits per heavy atom. The molecule has 42 heavy (non-hydrogen) atoms. The van der Waals surface area contributed by atoms with Crippen LogP contribution in [0, 0.1) is 0 Å². The van der Waals surface area contributed by atoms with Crippen molar-refractivity contribution in [3.8, 4) is 34.5 Å². The van der Waals surface area contributed by atoms with Gasteiger partial charge in [-0.3, -0.25) is 0 Å². The number of hydrogen-bond acceptors (Lipinski definition) is 14. The molecular weight excluding hydrogens is 560 g/mol. The van der Waals surface area contributed by atoms with Gasteiger partial charge in [0.2, 0.25) is 11.5 Å². The van der Waals surface area contributed by atoms with Gasteiger partial charge >= 0.3 is 0 Å². The number of benzene rings is 2. The molecule has 7 atom stereocenters. The van der Waals surface area contributed by atoms with Gasteiger partial charge in [0.25, 0.3) is 0 Å². The van der Waals surface area contributed by atoms with Gasteiger partial charge in [0.1, 0.15) is 30.5 Å². The first kappa shape index (κ1) is 33.2. The number of hydrogen-bond donors (Lipinski definition) is 7. The predicted octanol–water partition coefficient (Wildman–Crippen LogP) is -0.270. The van der Waals surface area contributed by atoms with Crippen LogP contribution >= 0.6 is 0 Å². The summed E-state index contributed by atoms with van der Waals surface area (Å²) in [5.41, 5.74) is 0.839. The fourth-order valence-electron chi connectivity index (χ4n) is 4.43. The highest BCUT2D eigenvalue weighted by Gasteiger charge is 2.46. The van der Waals surface area contributed by atoms with E-state index in [1.165, 1.54) is 46.6 Å². The third kappa shape index (κ3) is 7.17. The zero-order valence-electron chi connectivity index (χ0n) is 23.6. The Hall–Kier alpha value is -3.34. The molecule has 234 valence electrons. The molecule has 0 saturated carbocycles. The summed E-state index contributed by atoms with van der Waals surface area (Å²) in [5, 5.41) is 71.0. The number of phenolic OH excluding ortho intramolecular Hbond substituents is 1. The molecule has 0 bridgehead atoms. The normalized spacial score (nSPS) is 23.8. The SMILES string of the molecule is COc1cc(C(O[C@@H]2O[C@H](CO)[C@@H](O)[C@H](O)[C@H]2O)C(CO)Oc2c(OC)cc(/C=C\CO)cc2OC)cc(OC)c1O. The second kappa shape index (κ2) is 15.2. The molecule has 2 aromatic carbocycles. The van der Waals surface area contributed by atoms with Crippen molar-refractivity contribution in [1.29, 1.82) is 0 Å². The molecule has 0 aliphatic carbocycles. The Bertz CT molecular complexity index is 1140. The summed E-state index contributed by atoms with van der Waals surface area (Å²) in [4.78, 5) is 0. The predicted molar refractivity (Wildman–Crippen MR) is 146 cm³/mol. The lowest BCUT2D eigenvalue weighted by molar-refractivity contribution is -0.318. The lowest BCUT2D eigenvalue weighted by Gasteiger charge is -2.41. The van der Waals surface area contributed by atoms with Crippen LogP contribution in [0.2, 0.25) is 0 Å². The van der Waals surface area contributed by atoms with Crippen molar-refractivity contribution in [2.45, 2.75) is 42.9 Å². The quantitative estimate of drug-likeness (QED) is 0.150. The van der Waals surface area contributed by atoms with E-state index in [1.54, 1.807) is 18.2 Å². The molecule has 1 aliphatic heterocycles. The Labute approximate surface area is 242 Å². The van der Waals surface area contributed by atoms with Crippen LogP contribution in [-0.2, 0) is 9.47 Å². The van der Waals surface area contributed by atoms with Crippen molar-refractivity contribution in [2.24, 2.45) is 0 Å². The fraction of sp³-hybridized carbons (Fsp3) is 0.500. The maximum atomic E-state index is 10.7. The summed E-state index contributed by atoms with van der Waals surface area (Å²) in [7, 11) is 5.42. The number of aliphatic hydroxyl groups excluding tert-OH is 6. The second-order valence-corrected chi connectivity index (χ2v) is 9.21. The first-order chi connectivity index (χ1) is 20.2. The summed E-state index contributed by atoms with van der Waals surface area (Å²) in [5.74, 6) is 0.139. The van der Waals surface area contributed by atoms with E-state index in [0.717, 1.165) is 0 Å². The molecule has 0 spiro atoms. The van der Waals surface area contributed by atoms with Crippen molar-refractivity contribution in [2.75, 3.05) is 48.3 Å². The fourth-order valence-corrected chi connectivity index (χ4v) is 4.43. The van der Waals surface area contributed by atoms with Gasteiger partial charge in [0.15, 0.2) is 35.4 Å². The summed E-state index contributed by atoms with van der Waals surface area (Å²) in [6, 6.07) is 5.99. The highest BCUT2D eigenvalue weighted by atomic mass is 16.7. The number of phenols is 1. The Balaban J connectivity index is 2.12. The lowest BCUT2D eigenvalue weighted by Crippen LogP contribution is -2.59. The average molecular weight is 599 g/mol. The van der Waals surface area contributed by atoms with E-state index in [4.69, 9.17) is 38.3 Å². The molecule has 0 radical (unpaired) electrons. The van der Waals surface area contributed by atoms with Gasteiger partial charge in [0.05, 0.1) is 48.3 Å². The van der Waals surface area contributed by atoms with Gasteiger partial charge in [-0.1, -0.05) is 12.2 Å². The molecule has 2 unspecified atom stereocenters. The number of aromatic hydroxyl groups is 1. The summed E-state index contributed by atoms with van der Waals surface area (Å²) in [6.07, 6.45) is -7.50. The van der Waals surface area contributed by atoms with Crippen LogP contribution in [-0.4, -0.2) is 121 Å². The van der Waals surface area contributed by atoms with Crippen molar-refractivity contribution in [1.82, 2.24) is 0 Å². The minimum Gasteiger partial charge on any atom is -0.502 e. The molecule has 2 aromatic rings. The van der Waals surface area contributed by atoms with E-state index >= 15 is 0 Å². The molecule has 1 aliphatic rings. The van der Waals surface area contributed by atoms with Crippen LogP contribution in [0.15, 0.2) is 30.3 Å². The van der Waals surface area contributed by atoms with Crippen molar-refractivity contribution in [3.63, 3.8) is 0 Å². The monoisotopic (exact) mass is 598 g/mol. The standard InChI is InChI=1S/C28H38O14/c1-36-16-10-15(11-17(37-2)22(16)32)26(42-28-25(35)24(34)23(33)20(12-30)41-28)21(13-31)40-27-18(38-3)8-14(6-5-7-29)9-19(27)39-4/h5-6,8-11,20-21,23-26,28-35H,7,12-13H2,1-4H3/b6-5-/t20-,21?,23-,24+,25-,26?,28+/m1/s1. The zero-order chi connectivity index (χ0) is 31.0. The first-order valence-electron chi connectivity index (χ1n) is 12.9. The maximum Gasteiger partial charge on any atom is 0.204 e. The number of rotatable bonds is 14. The first-order valence-corrected chi connectivity index (χ1v) is 12.9. The molecule has 0 amide bonds. The minimum atomic E-state index is -1.77. The van der Waals surface area contributed by atoms with Crippen molar-refractivity contribution in [3.05, 3.63) is 41.5 Å². The van der Waals surface area contributed by atoms with Gasteiger partial charge < -0.3 is 68.9 Å². The molecule has 1 saturated heterocycles. The molecule has 14 heteroatoms. The molecule has 1 heterocycles. The zero-order valence-corrected chi connectivity index (χ0v) is 23.6. The van der Waals surface area contributed by atoms with Crippen LogP contribution in [0.25, 0.3) is 6.08 Å². The smallest absolute Gasteiger partial charge is 0.204 e. The Morgan fingerprint density at radius 1 is 0.810 bits per heavy atom. The van der Waals surface area contributed by atoms with Gasteiger partial charge in [-0.15, -0.1) is 0 Å². The second-order valence-electron chi connectivity index (χ2n) is 9.21. The molecular formula is C28H38O14. The third-order valence-electron chi connectivity index (χ3n) is 6.65. The van der Waals surface area contributed by atoms with Crippen LogP contribution in [0.4, 0.5) is 0 Å². The average Bonchev–Trinajstić information content (AvgIpc) is 3.01. The van der Waals surface area contributed by atoms with Gasteiger partial charge in [-0.25, -0.2) is 0 Å². The van der Waals surface area contributed by atoms with E-state index in [0.29, 0.717) is 5.56 Å². The van der Waals surface area contributed by atoms with E-state index in [9.17, 15) is 30.6 Å². The highest BCUT2D eigenvalue weighted by molar-refractivity contribution is 5.62. The van der Waals surface area contributed by atoms with Gasteiger partial charge in [0, 0.05) is 0 Å². The number of ether oxygens (including phenoxy) is 7. The van der Waals surface area contributed by atoms with E-state index in [-0.39, 0.29) is 46.7 Å². The van der Waals surface area contributed by atoms with Crippen molar-refractivity contribution >= 4 is 6.08 Å². The molecule has 7 N–H and O–H groups in total. The molecule has 0 aromatic heterocycles. The Morgan fingerprint density at radius 2 is 1.38 bits per heavy atom. The topological polar surface area (TPSA) is 206 Å². The molecule has 1 fully saturated rings. The third-order valence-corrected chi connectivity index (χ3v) is 6.65. The van der Waals surface area contributed by atoms with E-state index in [1.807, 2.05) is 0 Å². The van der Waals surface area contributed by atoms with Crippen LogP contribution in [0.3, 0.4) is 0 Å². The number of methoxy groups -OCH3 is 4. The van der Waals surface area contributed by atoms with Crippen LogP contribution in [0.1, 0.15) is 17.2 Å². The van der Waals surface area contributed by atoms with Crippen LogP contribution < -0.4 is 23.7 Å². The number of aliphatic hydroxyl groups is 6. The molecule has 14 nitrogen and oxygen atoms in total. The minimum absolute atomic E-state index is 0.0152. The van der Waals surface area contributed by atoms with Gasteiger partial charge in [-0.2, -0.15) is 0 Å². The van der Waals surface area contributed by atoms with Crippen molar-refractivity contribution < 1.29 is 68.9 Å². The van der Waals surface area contributed by atoms with Crippen LogP contribution in [0.5, 0.6) is 34.5 Å². The summed E-state index contributed by atoms with van der Waals surface area (Å²) in [6.45, 7) is -1.57. The van der Waals surface area contributed by atoms with E-state index in [2.05, 4.69) is 0 Å². The Kier molecular flexibility index (Phi) is 12.0. The van der Waals surface area contributed by atoms with Gasteiger partial charge in [-0.05, 0) is 35.4 Å². The summed E-state index contributed by atoms with van der Waals surface area (Å²) < 4.78 is 39.4. The lowest BCUT2D eigenvalue weighted by atomic mass is 9.98. The molecule has 3 rings (SSSR count). The summed E-state index contributed by atoms with van der Waals surface area (Å²) >= 11 is 0. The van der Waals surface area contributed by atoms with E-state index < -0.39 is 56.1 Å². The maximum absolute atomic E-state index is 10.7. The largest absolute Gasteiger partial charge is 0.502 e.